The number of hydrogen-bond donors (Lipinski definition) is 2. The lowest BCUT2D eigenvalue weighted by Gasteiger charge is -2.18. The Bertz CT molecular complexity index is 442. The van der Waals surface area contributed by atoms with E-state index in [0.29, 0.717) is 0 Å². The minimum absolute atomic E-state index is 0.165. The Kier molecular flexibility index (Phi) is 4.78. The molecule has 0 aromatic heterocycles. The number of nitrogens with zero attached hydrogens (tertiary/aromatic N) is 1. The normalized spacial score (nSPS) is 16.4. The maximum atomic E-state index is 11.8. The summed E-state index contributed by atoms with van der Waals surface area (Å²) in [6.07, 6.45) is 3.73. The first kappa shape index (κ1) is 15.0. The third kappa shape index (κ3) is 4.32. The lowest BCUT2D eigenvalue weighted by molar-refractivity contribution is -0.120. The molecule has 1 aliphatic heterocycles. The van der Waals surface area contributed by atoms with E-state index in [1.165, 1.54) is 31.5 Å². The number of anilines is 1. The molecule has 1 heterocycles. The number of carbonyl (C=O) groups excluding carboxylic acids is 1. The first-order valence-electron chi connectivity index (χ1n) is 7.37. The third-order valence-corrected chi connectivity index (χ3v) is 3.71. The van der Waals surface area contributed by atoms with E-state index in [1.54, 1.807) is 13.8 Å². The molecule has 3 N–H and O–H groups in total. The van der Waals surface area contributed by atoms with Crippen LogP contribution in [0.25, 0.3) is 0 Å². The van der Waals surface area contributed by atoms with Crippen LogP contribution in [0.3, 0.4) is 0 Å². The van der Waals surface area contributed by atoms with Crippen molar-refractivity contribution in [1.29, 1.82) is 0 Å². The summed E-state index contributed by atoms with van der Waals surface area (Å²) < 4.78 is 0. The molecule has 1 aliphatic rings. The van der Waals surface area contributed by atoms with Crippen LogP contribution in [0.5, 0.6) is 0 Å². The standard InChI is InChI=1S/C16H25N3O/c1-16(2,17)15(20)18-14-7-5-13(6-8-14)9-12-19-10-3-4-11-19/h5-8H,3-4,9-12,17H2,1-2H3,(H,18,20). The molecule has 0 aliphatic carbocycles. The average molecular weight is 275 g/mol. The van der Waals surface area contributed by atoms with Crippen molar-refractivity contribution >= 4 is 11.6 Å². The molecule has 20 heavy (non-hydrogen) atoms. The van der Waals surface area contributed by atoms with Crippen LogP contribution in [0.4, 0.5) is 5.69 Å². The summed E-state index contributed by atoms with van der Waals surface area (Å²) in [5, 5.41) is 2.83. The van der Waals surface area contributed by atoms with Gasteiger partial charge < -0.3 is 16.0 Å². The van der Waals surface area contributed by atoms with E-state index in [0.717, 1.165) is 18.7 Å². The molecule has 110 valence electrons. The van der Waals surface area contributed by atoms with E-state index in [-0.39, 0.29) is 5.91 Å². The highest BCUT2D eigenvalue weighted by molar-refractivity contribution is 5.97. The van der Waals surface area contributed by atoms with E-state index in [1.807, 2.05) is 12.1 Å². The zero-order valence-corrected chi connectivity index (χ0v) is 12.5. The summed E-state index contributed by atoms with van der Waals surface area (Å²) in [4.78, 5) is 14.3. The highest BCUT2D eigenvalue weighted by Crippen LogP contribution is 2.13. The summed E-state index contributed by atoms with van der Waals surface area (Å²) in [5.74, 6) is -0.165. The topological polar surface area (TPSA) is 58.4 Å². The molecule has 0 radical (unpaired) electrons. The van der Waals surface area contributed by atoms with Gasteiger partial charge in [0.25, 0.3) is 0 Å². The second kappa shape index (κ2) is 6.37. The van der Waals surface area contributed by atoms with E-state index in [9.17, 15) is 4.79 Å². The zero-order chi connectivity index (χ0) is 14.6. The fourth-order valence-electron chi connectivity index (χ4n) is 2.34. The van der Waals surface area contributed by atoms with Crippen LogP contribution in [-0.4, -0.2) is 36.0 Å². The van der Waals surface area contributed by atoms with Crippen molar-refractivity contribution in [2.75, 3.05) is 25.0 Å². The first-order chi connectivity index (χ1) is 9.45. The van der Waals surface area contributed by atoms with Crippen LogP contribution in [0.15, 0.2) is 24.3 Å². The molecule has 0 spiro atoms. The fraction of sp³-hybridized carbons (Fsp3) is 0.562. The predicted molar refractivity (Wildman–Crippen MR) is 82.7 cm³/mol. The van der Waals surface area contributed by atoms with Crippen LogP contribution in [-0.2, 0) is 11.2 Å². The van der Waals surface area contributed by atoms with Crippen molar-refractivity contribution in [2.45, 2.75) is 38.6 Å². The average Bonchev–Trinajstić information content (AvgIpc) is 2.90. The summed E-state index contributed by atoms with van der Waals surface area (Å²) in [5.41, 5.74) is 7.02. The largest absolute Gasteiger partial charge is 0.325 e. The third-order valence-electron chi connectivity index (χ3n) is 3.71. The van der Waals surface area contributed by atoms with E-state index in [2.05, 4.69) is 22.3 Å². The van der Waals surface area contributed by atoms with Gasteiger partial charge in [-0.2, -0.15) is 0 Å². The van der Waals surface area contributed by atoms with Crippen LogP contribution in [0, 0.1) is 0 Å². The minimum Gasteiger partial charge on any atom is -0.325 e. The van der Waals surface area contributed by atoms with E-state index >= 15 is 0 Å². The molecule has 4 nitrogen and oxygen atoms in total. The van der Waals surface area contributed by atoms with Gasteiger partial charge in [-0.15, -0.1) is 0 Å². The number of amides is 1. The molecule has 1 aromatic carbocycles. The van der Waals surface area contributed by atoms with E-state index < -0.39 is 5.54 Å². The number of carbonyl (C=O) groups is 1. The van der Waals surface area contributed by atoms with Gasteiger partial charge in [0.15, 0.2) is 0 Å². The van der Waals surface area contributed by atoms with Crippen LogP contribution >= 0.6 is 0 Å². The fourth-order valence-corrected chi connectivity index (χ4v) is 2.34. The molecule has 0 bridgehead atoms. The molecule has 0 saturated carbocycles. The molecule has 0 unspecified atom stereocenters. The maximum absolute atomic E-state index is 11.8. The van der Waals surface area contributed by atoms with Gasteiger partial charge >= 0.3 is 0 Å². The van der Waals surface area contributed by atoms with Gasteiger partial charge in [0.2, 0.25) is 5.91 Å². The molecule has 1 fully saturated rings. The zero-order valence-electron chi connectivity index (χ0n) is 12.5. The Labute approximate surface area is 121 Å². The first-order valence-corrected chi connectivity index (χ1v) is 7.37. The van der Waals surface area contributed by atoms with Crippen molar-refractivity contribution in [3.63, 3.8) is 0 Å². The second-order valence-corrected chi connectivity index (χ2v) is 6.17. The second-order valence-electron chi connectivity index (χ2n) is 6.17. The highest BCUT2D eigenvalue weighted by atomic mass is 16.2. The van der Waals surface area contributed by atoms with Gasteiger partial charge in [-0.3, -0.25) is 4.79 Å². The van der Waals surface area contributed by atoms with Crippen molar-refractivity contribution in [3.8, 4) is 0 Å². The van der Waals surface area contributed by atoms with Gasteiger partial charge in [0, 0.05) is 12.2 Å². The smallest absolute Gasteiger partial charge is 0.243 e. The summed E-state index contributed by atoms with van der Waals surface area (Å²) in [6.45, 7) is 7.00. The van der Waals surface area contributed by atoms with Crippen LogP contribution in [0.2, 0.25) is 0 Å². The Balaban J connectivity index is 1.84. The maximum Gasteiger partial charge on any atom is 0.243 e. The lowest BCUT2D eigenvalue weighted by atomic mass is 10.1. The Morgan fingerprint density at radius 1 is 1.25 bits per heavy atom. The highest BCUT2D eigenvalue weighted by Gasteiger charge is 2.21. The van der Waals surface area contributed by atoms with Crippen LogP contribution < -0.4 is 11.1 Å². The Morgan fingerprint density at radius 2 is 1.85 bits per heavy atom. The number of nitrogens with two attached hydrogens (primary N) is 1. The number of hydrogen-bond acceptors (Lipinski definition) is 3. The van der Waals surface area contributed by atoms with Gasteiger partial charge in [-0.25, -0.2) is 0 Å². The molecular weight excluding hydrogens is 250 g/mol. The number of nitrogens with one attached hydrogen (secondary N) is 1. The number of likely N-dealkylation sites (tertiary alicyclic amines) is 1. The Morgan fingerprint density at radius 3 is 2.40 bits per heavy atom. The molecule has 0 atom stereocenters. The molecule has 1 aromatic rings. The molecular formula is C16H25N3O. The SMILES string of the molecule is CC(C)(N)C(=O)Nc1ccc(CCN2CCCC2)cc1. The van der Waals surface area contributed by atoms with Crippen molar-refractivity contribution in [2.24, 2.45) is 5.73 Å². The number of benzene rings is 1. The summed E-state index contributed by atoms with van der Waals surface area (Å²) in [6, 6.07) is 8.05. The Hall–Kier alpha value is -1.39. The predicted octanol–water partition coefficient (Wildman–Crippen LogP) is 2.00. The molecule has 1 amide bonds. The summed E-state index contributed by atoms with van der Waals surface area (Å²) >= 11 is 0. The van der Waals surface area contributed by atoms with Crippen molar-refractivity contribution in [3.05, 3.63) is 29.8 Å². The summed E-state index contributed by atoms with van der Waals surface area (Å²) in [7, 11) is 0. The van der Waals surface area contributed by atoms with Gasteiger partial charge in [-0.05, 0) is 63.9 Å². The van der Waals surface area contributed by atoms with Gasteiger partial charge in [0.05, 0.1) is 5.54 Å². The van der Waals surface area contributed by atoms with Gasteiger partial charge in [0.1, 0.15) is 0 Å². The van der Waals surface area contributed by atoms with Crippen molar-refractivity contribution in [1.82, 2.24) is 4.90 Å². The number of rotatable bonds is 5. The monoisotopic (exact) mass is 275 g/mol. The van der Waals surface area contributed by atoms with Gasteiger partial charge in [-0.1, -0.05) is 12.1 Å². The van der Waals surface area contributed by atoms with E-state index in [4.69, 9.17) is 5.73 Å². The van der Waals surface area contributed by atoms with Crippen molar-refractivity contribution < 1.29 is 4.79 Å². The lowest BCUT2D eigenvalue weighted by Crippen LogP contribution is -2.45. The minimum atomic E-state index is -0.853. The molecule has 4 heteroatoms. The quantitative estimate of drug-likeness (QED) is 0.864. The molecule has 1 saturated heterocycles. The molecule has 2 rings (SSSR count). The van der Waals surface area contributed by atoms with Crippen LogP contribution in [0.1, 0.15) is 32.3 Å².